The Kier molecular flexibility index (Phi) is 5.65. The highest BCUT2D eigenvalue weighted by atomic mass is 16.5. The molecule has 0 saturated carbocycles. The summed E-state index contributed by atoms with van der Waals surface area (Å²) >= 11 is 0. The maximum Gasteiger partial charge on any atom is 0.185 e. The van der Waals surface area contributed by atoms with Crippen molar-refractivity contribution in [3.8, 4) is 17.6 Å². The molecule has 0 atom stereocenters. The van der Waals surface area contributed by atoms with Gasteiger partial charge in [-0.15, -0.1) is 0 Å². The number of ether oxygens (including phenoxy) is 1. The average molecular weight is 338 g/mol. The van der Waals surface area contributed by atoms with Crippen LogP contribution >= 0.6 is 0 Å². The van der Waals surface area contributed by atoms with Crippen molar-refractivity contribution in [2.45, 2.75) is 0 Å². The highest BCUT2D eigenvalue weighted by molar-refractivity contribution is 6.06. The molecule has 0 aliphatic heterocycles. The fourth-order valence-electron chi connectivity index (χ4n) is 2.37. The van der Waals surface area contributed by atoms with Gasteiger partial charge in [-0.3, -0.25) is 4.79 Å². The summed E-state index contributed by atoms with van der Waals surface area (Å²) in [4.78, 5) is 12.3. The van der Waals surface area contributed by atoms with E-state index in [-0.39, 0.29) is 5.78 Å². The zero-order valence-corrected chi connectivity index (χ0v) is 14.5. The first-order valence-corrected chi connectivity index (χ1v) is 8.28. The molecular weight excluding hydrogens is 320 g/mol. The SMILES string of the molecule is COc1ccc(C=CC(=O)c2ccc(C#Cc3ccccc3)cc2)cc1. The molecule has 0 radical (unpaired) electrons. The van der Waals surface area contributed by atoms with E-state index in [1.54, 1.807) is 31.4 Å². The second-order valence-electron chi connectivity index (χ2n) is 5.66. The quantitative estimate of drug-likeness (QED) is 0.380. The molecular formula is C24H18O2. The van der Waals surface area contributed by atoms with Crippen LogP contribution < -0.4 is 4.74 Å². The highest BCUT2D eigenvalue weighted by Crippen LogP contribution is 2.13. The molecule has 3 rings (SSSR count). The summed E-state index contributed by atoms with van der Waals surface area (Å²) in [6.45, 7) is 0. The van der Waals surface area contributed by atoms with E-state index >= 15 is 0 Å². The van der Waals surface area contributed by atoms with Crippen molar-refractivity contribution in [3.05, 3.63) is 107 Å². The van der Waals surface area contributed by atoms with Gasteiger partial charge in [0.25, 0.3) is 0 Å². The van der Waals surface area contributed by atoms with Gasteiger partial charge in [0.2, 0.25) is 0 Å². The molecule has 3 aromatic rings. The third kappa shape index (κ3) is 4.72. The van der Waals surface area contributed by atoms with Gasteiger partial charge in [0.1, 0.15) is 5.75 Å². The van der Waals surface area contributed by atoms with Gasteiger partial charge in [0.05, 0.1) is 7.11 Å². The lowest BCUT2D eigenvalue weighted by molar-refractivity contribution is 0.104. The number of benzene rings is 3. The van der Waals surface area contributed by atoms with Crippen LogP contribution in [0.5, 0.6) is 5.75 Å². The standard InChI is InChI=1S/C24H18O2/c1-26-23-16-11-21(12-17-23)13-18-24(25)22-14-9-20(10-15-22)8-7-19-5-3-2-4-6-19/h2-6,9-18H,1H3. The molecule has 0 amide bonds. The van der Waals surface area contributed by atoms with Gasteiger partial charge in [0, 0.05) is 16.7 Å². The summed E-state index contributed by atoms with van der Waals surface area (Å²) in [6.07, 6.45) is 3.37. The summed E-state index contributed by atoms with van der Waals surface area (Å²) in [6, 6.07) is 24.7. The molecule has 0 fully saturated rings. The van der Waals surface area contributed by atoms with Crippen LogP contribution in [0.1, 0.15) is 27.0 Å². The fraction of sp³-hybridized carbons (Fsp3) is 0.0417. The van der Waals surface area contributed by atoms with Gasteiger partial charge in [-0.2, -0.15) is 0 Å². The summed E-state index contributed by atoms with van der Waals surface area (Å²) in [5.41, 5.74) is 3.43. The van der Waals surface area contributed by atoms with Gasteiger partial charge in [-0.05, 0) is 60.2 Å². The van der Waals surface area contributed by atoms with Crippen molar-refractivity contribution in [2.75, 3.05) is 7.11 Å². The Labute approximate surface area is 153 Å². The van der Waals surface area contributed by atoms with Crippen LogP contribution in [0.4, 0.5) is 0 Å². The largest absolute Gasteiger partial charge is 0.497 e. The molecule has 26 heavy (non-hydrogen) atoms. The molecule has 0 spiro atoms. The normalized spacial score (nSPS) is 10.2. The Morgan fingerprint density at radius 1 is 0.808 bits per heavy atom. The van der Waals surface area contributed by atoms with Gasteiger partial charge in [-0.25, -0.2) is 0 Å². The minimum atomic E-state index is -0.0385. The third-order valence-electron chi connectivity index (χ3n) is 3.84. The Hall–Kier alpha value is -3.57. The number of hydrogen-bond donors (Lipinski definition) is 0. The molecule has 0 aliphatic rings. The van der Waals surface area contributed by atoms with Crippen LogP contribution in [0.25, 0.3) is 6.08 Å². The van der Waals surface area contributed by atoms with E-state index in [4.69, 9.17) is 4.74 Å². The van der Waals surface area contributed by atoms with Crippen molar-refractivity contribution in [1.29, 1.82) is 0 Å². The lowest BCUT2D eigenvalue weighted by atomic mass is 10.1. The number of rotatable bonds is 4. The van der Waals surface area contributed by atoms with Crippen molar-refractivity contribution >= 4 is 11.9 Å². The van der Waals surface area contributed by atoms with Crippen LogP contribution in [0.2, 0.25) is 0 Å². The summed E-state index contributed by atoms with van der Waals surface area (Å²) in [7, 11) is 1.63. The predicted octanol–water partition coefficient (Wildman–Crippen LogP) is 4.99. The minimum absolute atomic E-state index is 0.0385. The lowest BCUT2D eigenvalue weighted by Gasteiger charge is -1.99. The Morgan fingerprint density at radius 2 is 1.42 bits per heavy atom. The number of ketones is 1. The van der Waals surface area contributed by atoms with Crippen molar-refractivity contribution in [2.24, 2.45) is 0 Å². The first-order valence-electron chi connectivity index (χ1n) is 8.28. The second kappa shape index (κ2) is 8.50. The Bertz CT molecular complexity index is 955. The molecule has 0 aliphatic carbocycles. The molecule has 0 heterocycles. The molecule has 2 nitrogen and oxygen atoms in total. The molecule has 0 unspecified atom stereocenters. The van der Waals surface area contributed by atoms with E-state index in [1.807, 2.05) is 66.7 Å². The molecule has 3 aromatic carbocycles. The van der Waals surface area contributed by atoms with Crippen LogP contribution in [0.3, 0.4) is 0 Å². The third-order valence-corrected chi connectivity index (χ3v) is 3.84. The number of allylic oxidation sites excluding steroid dienone is 1. The van der Waals surface area contributed by atoms with Crippen LogP contribution in [-0.4, -0.2) is 12.9 Å². The topological polar surface area (TPSA) is 26.3 Å². The van der Waals surface area contributed by atoms with Crippen LogP contribution in [-0.2, 0) is 0 Å². The maximum atomic E-state index is 12.3. The zero-order chi connectivity index (χ0) is 18.2. The molecule has 0 bridgehead atoms. The Balaban J connectivity index is 1.66. The van der Waals surface area contributed by atoms with E-state index in [1.165, 1.54) is 0 Å². The van der Waals surface area contributed by atoms with E-state index < -0.39 is 0 Å². The average Bonchev–Trinajstić information content (AvgIpc) is 2.72. The smallest absolute Gasteiger partial charge is 0.185 e. The Morgan fingerprint density at radius 3 is 2.04 bits per heavy atom. The molecule has 126 valence electrons. The van der Waals surface area contributed by atoms with Gasteiger partial charge in [0.15, 0.2) is 5.78 Å². The van der Waals surface area contributed by atoms with E-state index in [2.05, 4.69) is 11.8 Å². The van der Waals surface area contributed by atoms with Crippen molar-refractivity contribution in [1.82, 2.24) is 0 Å². The summed E-state index contributed by atoms with van der Waals surface area (Å²) < 4.78 is 5.12. The maximum absolute atomic E-state index is 12.3. The molecule has 0 aromatic heterocycles. The fourth-order valence-corrected chi connectivity index (χ4v) is 2.37. The first kappa shape index (κ1) is 17.3. The van der Waals surface area contributed by atoms with Gasteiger partial charge < -0.3 is 4.74 Å². The van der Waals surface area contributed by atoms with E-state index in [0.717, 1.165) is 22.4 Å². The lowest BCUT2D eigenvalue weighted by Crippen LogP contribution is -1.93. The molecule has 0 saturated heterocycles. The van der Waals surface area contributed by atoms with Crippen molar-refractivity contribution < 1.29 is 9.53 Å². The summed E-state index contributed by atoms with van der Waals surface area (Å²) in [5.74, 6) is 6.96. The van der Waals surface area contributed by atoms with Crippen molar-refractivity contribution in [3.63, 3.8) is 0 Å². The number of methoxy groups -OCH3 is 1. The highest BCUT2D eigenvalue weighted by Gasteiger charge is 2.01. The molecule has 2 heteroatoms. The number of carbonyl (C=O) groups excluding carboxylic acids is 1. The van der Waals surface area contributed by atoms with Gasteiger partial charge in [-0.1, -0.05) is 48.2 Å². The molecule has 0 N–H and O–H groups in total. The number of hydrogen-bond acceptors (Lipinski definition) is 2. The van der Waals surface area contributed by atoms with Gasteiger partial charge >= 0.3 is 0 Å². The van der Waals surface area contributed by atoms with Crippen LogP contribution in [0, 0.1) is 11.8 Å². The predicted molar refractivity (Wildman–Crippen MR) is 105 cm³/mol. The zero-order valence-electron chi connectivity index (χ0n) is 14.5. The minimum Gasteiger partial charge on any atom is -0.497 e. The second-order valence-corrected chi connectivity index (χ2v) is 5.66. The summed E-state index contributed by atoms with van der Waals surface area (Å²) in [5, 5.41) is 0. The van der Waals surface area contributed by atoms with E-state index in [9.17, 15) is 4.79 Å². The first-order chi connectivity index (χ1) is 12.7. The monoisotopic (exact) mass is 338 g/mol. The van der Waals surface area contributed by atoms with E-state index in [0.29, 0.717) is 5.56 Å². The number of carbonyl (C=O) groups is 1. The van der Waals surface area contributed by atoms with Crippen LogP contribution in [0.15, 0.2) is 84.9 Å².